The summed E-state index contributed by atoms with van der Waals surface area (Å²) in [5, 5.41) is 6.91. The van der Waals surface area contributed by atoms with Crippen molar-refractivity contribution in [3.8, 4) is 0 Å². The second-order valence-corrected chi connectivity index (χ2v) is 8.17. The summed E-state index contributed by atoms with van der Waals surface area (Å²) in [5.41, 5.74) is 2.59. The highest BCUT2D eigenvalue weighted by Gasteiger charge is 2.23. The highest BCUT2D eigenvalue weighted by molar-refractivity contribution is 5.84. The molecule has 1 aliphatic heterocycles. The molecule has 1 aliphatic rings. The first kappa shape index (κ1) is 22.8. The number of hydrogen-bond donors (Lipinski definition) is 2. The van der Waals surface area contributed by atoms with Crippen LogP contribution in [0.15, 0.2) is 65.7 Å². The van der Waals surface area contributed by atoms with E-state index in [1.807, 2.05) is 6.07 Å². The van der Waals surface area contributed by atoms with Crippen molar-refractivity contribution in [3.05, 3.63) is 71.8 Å². The molecule has 0 aromatic heterocycles. The quantitative estimate of drug-likeness (QED) is 0.483. The Morgan fingerprint density at radius 2 is 1.65 bits per heavy atom. The van der Waals surface area contributed by atoms with Gasteiger partial charge in [-0.25, -0.2) is 4.99 Å². The van der Waals surface area contributed by atoms with E-state index in [1.165, 1.54) is 24.0 Å². The molecule has 31 heavy (non-hydrogen) atoms. The van der Waals surface area contributed by atoms with Crippen LogP contribution in [-0.4, -0.2) is 68.5 Å². The third-order valence-corrected chi connectivity index (χ3v) is 5.65. The minimum absolute atomic E-state index is 0.0108. The van der Waals surface area contributed by atoms with Crippen molar-refractivity contribution in [2.24, 2.45) is 4.99 Å². The van der Waals surface area contributed by atoms with E-state index in [9.17, 15) is 4.79 Å². The molecule has 1 amide bonds. The summed E-state index contributed by atoms with van der Waals surface area (Å²) in [6.07, 6.45) is 3.39. The summed E-state index contributed by atoms with van der Waals surface area (Å²) < 4.78 is 0. The lowest BCUT2D eigenvalue weighted by Crippen LogP contribution is -2.43. The zero-order valence-electron chi connectivity index (χ0n) is 18.8. The van der Waals surface area contributed by atoms with Crippen LogP contribution < -0.4 is 10.6 Å². The van der Waals surface area contributed by atoms with Gasteiger partial charge < -0.3 is 15.5 Å². The van der Waals surface area contributed by atoms with Gasteiger partial charge in [-0.1, -0.05) is 60.7 Å². The molecule has 1 atom stereocenters. The number of amides is 1. The normalized spacial score (nSPS) is 15.5. The van der Waals surface area contributed by atoms with Crippen molar-refractivity contribution < 1.29 is 4.79 Å². The summed E-state index contributed by atoms with van der Waals surface area (Å²) >= 11 is 0. The average molecular weight is 422 g/mol. The first-order valence-electron chi connectivity index (χ1n) is 11.2. The maximum absolute atomic E-state index is 12.1. The van der Waals surface area contributed by atoms with Crippen LogP contribution in [0, 0.1) is 0 Å². The molecule has 6 nitrogen and oxygen atoms in total. The number of nitrogens with zero attached hydrogens (tertiary/aromatic N) is 3. The minimum atomic E-state index is -0.0108. The minimum Gasteiger partial charge on any atom is -0.356 e. The molecule has 1 unspecified atom stereocenters. The lowest BCUT2D eigenvalue weighted by atomic mass is 10.1. The van der Waals surface area contributed by atoms with Crippen LogP contribution in [0.5, 0.6) is 0 Å². The van der Waals surface area contributed by atoms with Crippen LogP contribution in [0.2, 0.25) is 0 Å². The summed E-state index contributed by atoms with van der Waals surface area (Å²) in [7, 11) is 3.51. The molecule has 2 aromatic carbocycles. The lowest BCUT2D eigenvalue weighted by Gasteiger charge is -2.29. The Morgan fingerprint density at radius 1 is 1.00 bits per heavy atom. The standard InChI is InChI=1S/C25H35N5O/c1-29(2)24(31)20-28-25(26-16-15-21-11-5-3-6-12-21)27-19-23(30-17-9-10-18-30)22-13-7-4-8-14-22/h3-8,11-14,23H,9-10,15-20H2,1-2H3,(H2,26,27,28). The molecule has 2 aromatic rings. The molecule has 1 saturated heterocycles. The predicted molar refractivity (Wildman–Crippen MR) is 127 cm³/mol. The van der Waals surface area contributed by atoms with E-state index in [0.29, 0.717) is 5.96 Å². The number of guanidine groups is 1. The number of hydrogen-bond acceptors (Lipinski definition) is 3. The largest absolute Gasteiger partial charge is 0.356 e. The van der Waals surface area contributed by atoms with Gasteiger partial charge in [0.1, 0.15) is 6.54 Å². The van der Waals surface area contributed by atoms with Crippen molar-refractivity contribution in [1.82, 2.24) is 20.4 Å². The molecule has 0 saturated carbocycles. The van der Waals surface area contributed by atoms with Crippen LogP contribution in [0.3, 0.4) is 0 Å². The van der Waals surface area contributed by atoms with Gasteiger partial charge in [0.2, 0.25) is 5.91 Å². The van der Waals surface area contributed by atoms with Gasteiger partial charge in [0.15, 0.2) is 5.96 Å². The third-order valence-electron chi connectivity index (χ3n) is 5.65. The first-order valence-corrected chi connectivity index (χ1v) is 11.2. The Hall–Kier alpha value is -2.86. The monoisotopic (exact) mass is 421 g/mol. The first-order chi connectivity index (χ1) is 15.1. The number of carbonyl (C=O) groups is 1. The SMILES string of the molecule is CN(C)C(=O)CN=C(NCCc1ccccc1)NCC(c1ccccc1)N1CCCC1. The van der Waals surface area contributed by atoms with Crippen molar-refractivity contribution >= 4 is 11.9 Å². The van der Waals surface area contributed by atoms with Gasteiger partial charge in [0.05, 0.1) is 6.04 Å². The van der Waals surface area contributed by atoms with Crippen LogP contribution in [0.1, 0.15) is 30.0 Å². The van der Waals surface area contributed by atoms with Gasteiger partial charge in [-0.2, -0.15) is 0 Å². The Balaban J connectivity index is 1.64. The fourth-order valence-electron chi connectivity index (χ4n) is 3.81. The molecule has 0 radical (unpaired) electrons. The number of carbonyl (C=O) groups excluding carboxylic acids is 1. The number of likely N-dealkylation sites (N-methyl/N-ethyl adjacent to an activating group) is 1. The van der Waals surface area contributed by atoms with Crippen molar-refractivity contribution in [2.45, 2.75) is 25.3 Å². The van der Waals surface area contributed by atoms with Crippen LogP contribution in [0.25, 0.3) is 0 Å². The molecule has 1 fully saturated rings. The lowest BCUT2D eigenvalue weighted by molar-refractivity contribution is -0.127. The Labute approximate surface area is 186 Å². The van der Waals surface area contributed by atoms with E-state index < -0.39 is 0 Å². The highest BCUT2D eigenvalue weighted by Crippen LogP contribution is 2.24. The Morgan fingerprint density at radius 3 is 2.29 bits per heavy atom. The van der Waals surface area contributed by atoms with Gasteiger partial charge in [0.25, 0.3) is 0 Å². The third kappa shape index (κ3) is 7.40. The number of benzene rings is 2. The highest BCUT2D eigenvalue weighted by atomic mass is 16.2. The van der Waals surface area contributed by atoms with Gasteiger partial charge in [-0.3, -0.25) is 9.69 Å². The molecule has 166 valence electrons. The number of aliphatic imine (C=N–C) groups is 1. The van der Waals surface area contributed by atoms with Crippen molar-refractivity contribution in [1.29, 1.82) is 0 Å². The van der Waals surface area contributed by atoms with E-state index in [4.69, 9.17) is 0 Å². The van der Waals surface area contributed by atoms with E-state index in [0.717, 1.165) is 32.6 Å². The predicted octanol–water partition coefficient (Wildman–Crippen LogP) is 2.69. The molecular weight excluding hydrogens is 386 g/mol. The fourth-order valence-corrected chi connectivity index (χ4v) is 3.81. The average Bonchev–Trinajstić information content (AvgIpc) is 3.33. The summed E-state index contributed by atoms with van der Waals surface area (Å²) in [6.45, 7) is 3.87. The molecule has 6 heteroatoms. The number of rotatable bonds is 9. The topological polar surface area (TPSA) is 60.0 Å². The van der Waals surface area contributed by atoms with Crippen molar-refractivity contribution in [2.75, 3.05) is 46.8 Å². The van der Waals surface area contributed by atoms with E-state index in [1.54, 1.807) is 19.0 Å². The van der Waals surface area contributed by atoms with E-state index in [2.05, 4.69) is 75.1 Å². The molecule has 2 N–H and O–H groups in total. The zero-order valence-corrected chi connectivity index (χ0v) is 18.8. The summed E-state index contributed by atoms with van der Waals surface area (Å²) in [4.78, 5) is 20.7. The summed E-state index contributed by atoms with van der Waals surface area (Å²) in [5.74, 6) is 0.676. The van der Waals surface area contributed by atoms with Gasteiger partial charge >= 0.3 is 0 Å². The second kappa shape index (κ2) is 12.1. The van der Waals surface area contributed by atoms with E-state index in [-0.39, 0.29) is 18.5 Å². The Bertz CT molecular complexity index is 816. The van der Waals surface area contributed by atoms with E-state index >= 15 is 0 Å². The maximum Gasteiger partial charge on any atom is 0.243 e. The van der Waals surface area contributed by atoms with Gasteiger partial charge in [0, 0.05) is 27.2 Å². The zero-order chi connectivity index (χ0) is 21.9. The second-order valence-electron chi connectivity index (χ2n) is 8.17. The van der Waals surface area contributed by atoms with Gasteiger partial charge in [-0.15, -0.1) is 0 Å². The molecule has 0 spiro atoms. The van der Waals surface area contributed by atoms with Crippen LogP contribution >= 0.6 is 0 Å². The maximum atomic E-state index is 12.1. The molecule has 0 bridgehead atoms. The van der Waals surface area contributed by atoms with Crippen LogP contribution in [0.4, 0.5) is 0 Å². The molecule has 3 rings (SSSR count). The van der Waals surface area contributed by atoms with Crippen LogP contribution in [-0.2, 0) is 11.2 Å². The molecule has 0 aliphatic carbocycles. The Kier molecular flexibility index (Phi) is 8.91. The number of nitrogens with one attached hydrogen (secondary N) is 2. The molecule has 1 heterocycles. The fraction of sp³-hybridized carbons (Fsp3) is 0.440. The molecular formula is C25H35N5O. The number of likely N-dealkylation sites (tertiary alicyclic amines) is 1. The smallest absolute Gasteiger partial charge is 0.243 e. The summed E-state index contributed by atoms with van der Waals surface area (Å²) in [6, 6.07) is 21.3. The van der Waals surface area contributed by atoms with Gasteiger partial charge in [-0.05, 0) is 43.5 Å². The van der Waals surface area contributed by atoms with Crippen molar-refractivity contribution in [3.63, 3.8) is 0 Å².